The molecule has 2 fully saturated rings. The van der Waals surface area contributed by atoms with Crippen molar-refractivity contribution < 1.29 is 14.4 Å². The maximum absolute atomic E-state index is 11.9. The van der Waals surface area contributed by atoms with Crippen molar-refractivity contribution in [2.24, 2.45) is 0 Å². The normalized spacial score (nSPS) is 31.9. The molecule has 0 aromatic heterocycles. The van der Waals surface area contributed by atoms with Gasteiger partial charge in [0.05, 0.1) is 5.01 Å². The summed E-state index contributed by atoms with van der Waals surface area (Å²) >= 11 is 22.7. The number of alkyl halides is 1. The SMILES string of the molecule is [C-]#[N+]N1C(=O)C2N(Cl)C(=O)N(Cl)C2(Cl)N(Cl)C1=O. The van der Waals surface area contributed by atoms with Crippen LogP contribution in [0.5, 0.6) is 0 Å². The van der Waals surface area contributed by atoms with Crippen molar-refractivity contribution in [2.45, 2.75) is 11.2 Å². The monoisotopic (exact) mass is 331 g/mol. The molecule has 0 aromatic carbocycles. The standard InChI is InChI=1S/C6HCl4N5O3/c1-11-13-3(16)2-6(7,15(10)5(13)18)14(9)4(17)12(2)8/h2H. The fourth-order valence-corrected chi connectivity index (χ4v) is 2.79. The number of imide groups is 1. The Balaban J connectivity index is 2.60. The third-order valence-electron chi connectivity index (χ3n) is 2.37. The van der Waals surface area contributed by atoms with Crippen molar-refractivity contribution >= 4 is 64.9 Å². The quantitative estimate of drug-likeness (QED) is 0.292. The summed E-state index contributed by atoms with van der Waals surface area (Å²) in [6.07, 6.45) is 0. The van der Waals surface area contributed by atoms with Crippen LogP contribution in [0.25, 0.3) is 4.95 Å². The molecule has 8 nitrogen and oxygen atoms in total. The summed E-state index contributed by atoms with van der Waals surface area (Å²) < 4.78 is 0.963. The Morgan fingerprint density at radius 1 is 1.11 bits per heavy atom. The average Bonchev–Trinajstić information content (AvgIpc) is 2.50. The summed E-state index contributed by atoms with van der Waals surface area (Å²) in [5.41, 5.74) is 0. The molecule has 2 aliphatic heterocycles. The summed E-state index contributed by atoms with van der Waals surface area (Å²) in [5, 5.41) is -2.09. The van der Waals surface area contributed by atoms with Gasteiger partial charge in [0.15, 0.2) is 6.04 Å². The summed E-state index contributed by atoms with van der Waals surface area (Å²) in [5.74, 6) is -1.10. The van der Waals surface area contributed by atoms with Crippen molar-refractivity contribution in [3.8, 4) is 0 Å². The molecule has 0 aliphatic carbocycles. The molecule has 0 spiro atoms. The zero-order chi connectivity index (χ0) is 13.8. The number of amides is 5. The molecular formula is C6HCl4N5O3. The van der Waals surface area contributed by atoms with Gasteiger partial charge in [0.2, 0.25) is 0 Å². The minimum Gasteiger partial charge on any atom is -0.264 e. The lowest BCUT2D eigenvalue weighted by atomic mass is 10.2. The van der Waals surface area contributed by atoms with Gasteiger partial charge in [-0.25, -0.2) is 14.0 Å². The van der Waals surface area contributed by atoms with Gasteiger partial charge in [-0.1, -0.05) is 11.6 Å². The molecule has 2 atom stereocenters. The molecule has 0 N–H and O–H groups in total. The number of rotatable bonds is 0. The zero-order valence-corrected chi connectivity index (χ0v) is 11.1. The lowest BCUT2D eigenvalue weighted by molar-refractivity contribution is -0.134. The molecule has 2 rings (SSSR count). The third kappa shape index (κ3) is 1.30. The Morgan fingerprint density at radius 2 is 1.61 bits per heavy atom. The number of halogens is 4. The largest absolute Gasteiger partial charge is 0.413 e. The topological polar surface area (TPSA) is 68.5 Å². The van der Waals surface area contributed by atoms with Crippen molar-refractivity contribution in [3.63, 3.8) is 0 Å². The van der Waals surface area contributed by atoms with E-state index in [0.29, 0.717) is 8.84 Å². The highest BCUT2D eigenvalue weighted by Gasteiger charge is 2.71. The molecule has 0 bridgehead atoms. The molecule has 2 unspecified atom stereocenters. The maximum Gasteiger partial charge on any atom is 0.413 e. The highest BCUT2D eigenvalue weighted by molar-refractivity contribution is 6.43. The van der Waals surface area contributed by atoms with E-state index < -0.39 is 29.1 Å². The lowest BCUT2D eigenvalue weighted by Crippen LogP contribution is -2.67. The average molecular weight is 333 g/mol. The molecule has 12 heteroatoms. The van der Waals surface area contributed by atoms with Crippen LogP contribution in [0, 0.1) is 6.57 Å². The van der Waals surface area contributed by atoms with E-state index in [2.05, 4.69) is 4.95 Å². The van der Waals surface area contributed by atoms with Gasteiger partial charge >= 0.3 is 18.0 Å². The molecule has 2 aliphatic rings. The summed E-state index contributed by atoms with van der Waals surface area (Å²) in [7, 11) is 0. The lowest BCUT2D eigenvalue weighted by Gasteiger charge is -2.38. The zero-order valence-electron chi connectivity index (χ0n) is 8.05. The smallest absolute Gasteiger partial charge is 0.264 e. The van der Waals surface area contributed by atoms with Crippen molar-refractivity contribution in [2.75, 3.05) is 0 Å². The van der Waals surface area contributed by atoms with Crippen LogP contribution in [-0.4, -0.2) is 47.4 Å². The van der Waals surface area contributed by atoms with Gasteiger partial charge in [-0.15, -0.1) is 4.95 Å². The molecule has 0 radical (unpaired) electrons. The number of carbonyl (C=O) groups is 3. The Kier molecular flexibility index (Phi) is 2.90. The second-order valence-corrected chi connectivity index (χ2v) is 4.82. The van der Waals surface area contributed by atoms with E-state index in [1.807, 2.05) is 0 Å². The Labute approximate surface area is 120 Å². The van der Waals surface area contributed by atoms with Gasteiger partial charge in [-0.2, -0.15) is 15.4 Å². The van der Waals surface area contributed by atoms with Gasteiger partial charge in [-0.05, 0) is 0 Å². The van der Waals surface area contributed by atoms with Gasteiger partial charge in [0.25, 0.3) is 5.12 Å². The van der Waals surface area contributed by atoms with E-state index in [0.717, 1.165) is 0 Å². The van der Waals surface area contributed by atoms with E-state index >= 15 is 0 Å². The van der Waals surface area contributed by atoms with Gasteiger partial charge in [0.1, 0.15) is 0 Å². The van der Waals surface area contributed by atoms with Crippen LogP contribution in [0.2, 0.25) is 0 Å². The summed E-state index contributed by atoms with van der Waals surface area (Å²) in [4.78, 5) is 37.7. The Morgan fingerprint density at radius 3 is 2.11 bits per heavy atom. The van der Waals surface area contributed by atoms with Gasteiger partial charge in [-0.3, -0.25) is 4.79 Å². The number of urea groups is 2. The molecule has 2 heterocycles. The van der Waals surface area contributed by atoms with E-state index in [1.165, 1.54) is 0 Å². The number of hydrogen-bond acceptors (Lipinski definition) is 3. The highest BCUT2D eigenvalue weighted by Crippen LogP contribution is 2.46. The van der Waals surface area contributed by atoms with Crippen LogP contribution in [0.3, 0.4) is 0 Å². The third-order valence-corrected chi connectivity index (χ3v) is 4.23. The van der Waals surface area contributed by atoms with E-state index in [1.54, 1.807) is 0 Å². The number of hydrogen-bond donors (Lipinski definition) is 0. The first-order chi connectivity index (χ1) is 8.28. The van der Waals surface area contributed by atoms with Gasteiger partial charge < -0.3 is 0 Å². The first-order valence-corrected chi connectivity index (χ1v) is 5.53. The van der Waals surface area contributed by atoms with E-state index in [9.17, 15) is 14.4 Å². The van der Waals surface area contributed by atoms with E-state index in [-0.39, 0.29) is 9.43 Å². The van der Waals surface area contributed by atoms with Crippen LogP contribution in [0.15, 0.2) is 0 Å². The van der Waals surface area contributed by atoms with Crippen LogP contribution < -0.4 is 0 Å². The first kappa shape index (κ1) is 13.3. The molecule has 5 amide bonds. The minimum atomic E-state index is -2.20. The molecule has 18 heavy (non-hydrogen) atoms. The predicted octanol–water partition coefficient (Wildman–Crippen LogP) is 1.55. The fraction of sp³-hybridized carbons (Fsp3) is 0.333. The fourth-order valence-electron chi connectivity index (χ4n) is 1.54. The van der Waals surface area contributed by atoms with Gasteiger partial charge in [0, 0.05) is 35.3 Å². The second kappa shape index (κ2) is 3.93. The Hall–Kier alpha value is -1.14. The van der Waals surface area contributed by atoms with Crippen LogP contribution >= 0.6 is 46.9 Å². The first-order valence-electron chi connectivity index (χ1n) is 4.13. The Bertz CT molecular complexity index is 508. The van der Waals surface area contributed by atoms with Crippen LogP contribution in [0.1, 0.15) is 0 Å². The predicted molar refractivity (Wildman–Crippen MR) is 59.7 cm³/mol. The molecular weight excluding hydrogens is 332 g/mol. The number of fused-ring (bicyclic) bond motifs is 1. The van der Waals surface area contributed by atoms with Crippen LogP contribution in [-0.2, 0) is 4.79 Å². The van der Waals surface area contributed by atoms with Crippen LogP contribution in [0.4, 0.5) is 9.59 Å². The molecule has 0 aromatic rings. The maximum atomic E-state index is 11.9. The van der Waals surface area contributed by atoms with Crippen molar-refractivity contribution in [3.05, 3.63) is 11.5 Å². The minimum absolute atomic E-state index is 0.108. The molecule has 96 valence electrons. The van der Waals surface area contributed by atoms with Crippen molar-refractivity contribution in [1.82, 2.24) is 18.3 Å². The summed E-state index contributed by atoms with van der Waals surface area (Å²) in [6, 6.07) is -3.87. The molecule has 0 saturated carbocycles. The summed E-state index contributed by atoms with van der Waals surface area (Å²) in [6.45, 7) is 6.72. The number of carbonyl (C=O) groups excluding carboxylic acids is 3. The van der Waals surface area contributed by atoms with E-state index in [4.69, 9.17) is 53.5 Å². The number of nitrogens with zero attached hydrogens (tertiary/aromatic N) is 5. The second-order valence-electron chi connectivity index (χ2n) is 3.23. The highest BCUT2D eigenvalue weighted by atomic mass is 35.5. The van der Waals surface area contributed by atoms with Crippen molar-refractivity contribution in [1.29, 1.82) is 0 Å². The molecule has 2 saturated heterocycles.